The van der Waals surface area contributed by atoms with Gasteiger partial charge in [-0.1, -0.05) is 18.2 Å². The Hall–Kier alpha value is -2.94. The Morgan fingerprint density at radius 2 is 1.72 bits per heavy atom. The molecule has 8 nitrogen and oxygen atoms in total. The van der Waals surface area contributed by atoms with E-state index in [9.17, 15) is 24.9 Å². The van der Waals surface area contributed by atoms with E-state index in [0.29, 0.717) is 54.0 Å². The number of aromatic hydroxyl groups is 1. The van der Waals surface area contributed by atoms with Crippen LogP contribution in [0.5, 0.6) is 11.5 Å². The van der Waals surface area contributed by atoms with E-state index in [1.807, 2.05) is 0 Å². The van der Waals surface area contributed by atoms with E-state index in [-0.39, 0.29) is 23.3 Å². The average molecular weight is 489 g/mol. The molecule has 36 heavy (non-hydrogen) atoms. The number of carbonyl (C=O) groups is 2. The molecule has 0 radical (unpaired) electrons. The van der Waals surface area contributed by atoms with Crippen LogP contribution in [0.1, 0.15) is 70.1 Å². The zero-order valence-corrected chi connectivity index (χ0v) is 19.8. The van der Waals surface area contributed by atoms with Crippen molar-refractivity contribution in [3.63, 3.8) is 0 Å². The fourth-order valence-corrected chi connectivity index (χ4v) is 8.29. The molecule has 186 valence electrons. The fourth-order valence-electron chi connectivity index (χ4n) is 8.29. The molecule has 1 spiro atoms. The van der Waals surface area contributed by atoms with E-state index in [1.54, 1.807) is 30.3 Å². The number of nitrogens with zero attached hydrogens (tertiary/aromatic N) is 2. The molecule has 2 amide bonds. The predicted octanol–water partition coefficient (Wildman–Crippen LogP) is 2.11. The van der Waals surface area contributed by atoms with Crippen molar-refractivity contribution in [2.75, 3.05) is 13.1 Å². The van der Waals surface area contributed by atoms with Crippen LogP contribution in [0.15, 0.2) is 36.4 Å². The highest BCUT2D eigenvalue weighted by Gasteiger charge is 2.75. The number of phenolic OH excluding ortho intramolecular Hbond substituents is 1. The number of carbonyl (C=O) groups excluding carboxylic acids is 2. The Balaban J connectivity index is 1.30. The number of amides is 2. The van der Waals surface area contributed by atoms with Crippen LogP contribution in [-0.2, 0) is 5.41 Å². The lowest BCUT2D eigenvalue weighted by Gasteiger charge is -2.65. The van der Waals surface area contributed by atoms with Gasteiger partial charge < -0.3 is 20.1 Å². The molecule has 2 saturated carbocycles. The summed E-state index contributed by atoms with van der Waals surface area (Å²) in [5.41, 5.74) is -0.147. The van der Waals surface area contributed by atoms with Crippen LogP contribution >= 0.6 is 0 Å². The SMILES string of the molecule is O=C1c2ccccc2C(=O)N1[C@@H]1CC[C@@]2(O)[C@@H]3[C@H](O)c4ccc(O)c5c4[C@@]2(CCN3CC2CC2)[C@H]1O5. The van der Waals surface area contributed by atoms with E-state index < -0.39 is 35.3 Å². The highest BCUT2D eigenvalue weighted by molar-refractivity contribution is 6.21. The second kappa shape index (κ2) is 6.68. The molecule has 8 heteroatoms. The number of piperidine rings is 1. The van der Waals surface area contributed by atoms with Crippen molar-refractivity contribution in [2.24, 2.45) is 5.92 Å². The highest BCUT2D eigenvalue weighted by atomic mass is 16.5. The van der Waals surface area contributed by atoms with Gasteiger partial charge >= 0.3 is 0 Å². The van der Waals surface area contributed by atoms with Crippen molar-refractivity contribution in [3.05, 3.63) is 58.7 Å². The van der Waals surface area contributed by atoms with E-state index >= 15 is 0 Å². The monoisotopic (exact) mass is 488 g/mol. The summed E-state index contributed by atoms with van der Waals surface area (Å²) in [6, 6.07) is 9.02. The van der Waals surface area contributed by atoms with Crippen LogP contribution in [0.4, 0.5) is 0 Å². The molecule has 1 saturated heterocycles. The molecule has 2 bridgehead atoms. The van der Waals surface area contributed by atoms with Gasteiger partial charge in [0.1, 0.15) is 6.10 Å². The molecule has 3 aliphatic carbocycles. The summed E-state index contributed by atoms with van der Waals surface area (Å²) in [7, 11) is 0. The maximum Gasteiger partial charge on any atom is 0.261 e. The van der Waals surface area contributed by atoms with E-state index in [2.05, 4.69) is 4.90 Å². The number of likely N-dealkylation sites (tertiary alicyclic amines) is 1. The quantitative estimate of drug-likeness (QED) is 0.568. The van der Waals surface area contributed by atoms with Gasteiger partial charge in [-0.2, -0.15) is 0 Å². The first-order valence-corrected chi connectivity index (χ1v) is 13.0. The molecule has 3 fully saturated rings. The van der Waals surface area contributed by atoms with Gasteiger partial charge in [0.25, 0.3) is 11.8 Å². The number of imide groups is 1. The molecule has 6 aliphatic rings. The Labute approximate surface area is 208 Å². The van der Waals surface area contributed by atoms with Crippen LogP contribution in [0.3, 0.4) is 0 Å². The number of benzene rings is 2. The third-order valence-electron chi connectivity index (χ3n) is 9.93. The molecular weight excluding hydrogens is 460 g/mol. The summed E-state index contributed by atoms with van der Waals surface area (Å²) >= 11 is 0. The molecule has 0 unspecified atom stereocenters. The van der Waals surface area contributed by atoms with Crippen molar-refractivity contribution in [2.45, 2.75) is 67.4 Å². The first kappa shape index (κ1) is 21.2. The summed E-state index contributed by atoms with van der Waals surface area (Å²) in [4.78, 5) is 30.5. The van der Waals surface area contributed by atoms with E-state index in [1.165, 1.54) is 23.8 Å². The Kier molecular flexibility index (Phi) is 3.93. The topological polar surface area (TPSA) is 111 Å². The Bertz CT molecular complexity index is 1320. The Morgan fingerprint density at radius 3 is 2.42 bits per heavy atom. The van der Waals surface area contributed by atoms with Crippen LogP contribution in [-0.4, -0.2) is 73.8 Å². The van der Waals surface area contributed by atoms with Crippen molar-refractivity contribution >= 4 is 11.8 Å². The first-order valence-electron chi connectivity index (χ1n) is 13.0. The zero-order chi connectivity index (χ0) is 24.6. The smallest absolute Gasteiger partial charge is 0.261 e. The molecule has 3 N–H and O–H groups in total. The van der Waals surface area contributed by atoms with Gasteiger partial charge in [0, 0.05) is 12.1 Å². The Morgan fingerprint density at radius 1 is 1.00 bits per heavy atom. The number of aliphatic hydroxyl groups is 2. The number of hydrogen-bond donors (Lipinski definition) is 3. The van der Waals surface area contributed by atoms with Crippen LogP contribution in [0.25, 0.3) is 0 Å². The molecule has 6 atom stereocenters. The second-order valence-corrected chi connectivity index (χ2v) is 11.5. The number of fused-ring (bicyclic) bond motifs is 1. The number of aliphatic hydroxyl groups excluding tert-OH is 1. The minimum Gasteiger partial charge on any atom is -0.504 e. The molecule has 8 rings (SSSR count). The molecule has 2 aromatic carbocycles. The van der Waals surface area contributed by atoms with E-state index in [0.717, 1.165) is 6.54 Å². The van der Waals surface area contributed by atoms with Crippen LogP contribution in [0.2, 0.25) is 0 Å². The maximum absolute atomic E-state index is 13.5. The van der Waals surface area contributed by atoms with Gasteiger partial charge in [0.05, 0.1) is 40.3 Å². The normalized spacial score (nSPS) is 38.1. The lowest BCUT2D eigenvalue weighted by atomic mass is 9.47. The zero-order valence-electron chi connectivity index (χ0n) is 19.8. The summed E-state index contributed by atoms with van der Waals surface area (Å²) < 4.78 is 6.49. The van der Waals surface area contributed by atoms with Gasteiger partial charge in [-0.05, 0) is 68.3 Å². The van der Waals surface area contributed by atoms with Gasteiger partial charge in [-0.15, -0.1) is 0 Å². The number of phenols is 1. The van der Waals surface area contributed by atoms with Crippen LogP contribution in [0, 0.1) is 5.92 Å². The molecule has 2 aromatic rings. The summed E-state index contributed by atoms with van der Waals surface area (Å²) in [6.07, 6.45) is 1.96. The second-order valence-electron chi connectivity index (χ2n) is 11.5. The third kappa shape index (κ3) is 2.28. The summed E-state index contributed by atoms with van der Waals surface area (Å²) in [5.74, 6) is 0.131. The summed E-state index contributed by atoms with van der Waals surface area (Å²) in [6.45, 7) is 1.51. The number of hydrogen-bond acceptors (Lipinski definition) is 7. The van der Waals surface area contributed by atoms with E-state index in [4.69, 9.17) is 4.74 Å². The first-order chi connectivity index (χ1) is 17.4. The largest absolute Gasteiger partial charge is 0.504 e. The lowest BCUT2D eigenvalue weighted by Crippen LogP contribution is -2.79. The fraction of sp³-hybridized carbons (Fsp3) is 0.500. The van der Waals surface area contributed by atoms with Crippen molar-refractivity contribution in [3.8, 4) is 11.5 Å². The highest BCUT2D eigenvalue weighted by Crippen LogP contribution is 2.68. The van der Waals surface area contributed by atoms with Gasteiger partial charge in [0.15, 0.2) is 11.5 Å². The third-order valence-corrected chi connectivity index (χ3v) is 9.93. The van der Waals surface area contributed by atoms with Gasteiger partial charge in [-0.25, -0.2) is 0 Å². The van der Waals surface area contributed by atoms with Crippen LogP contribution < -0.4 is 4.74 Å². The standard InChI is InChI=1S/C28H28N2O6/c31-19-8-7-17-20-22(19)36-24-18(30-25(33)15-3-1-2-4-16(15)26(30)34)9-10-28(35)23(21(17)32)29(13-14-5-6-14)12-11-27(20,24)28/h1-4,7-8,14,18,21,23-24,31-32,35H,5-6,9-13H2/t18-,21-,23+,24+,27+,28-/m1/s1. The lowest BCUT2D eigenvalue weighted by molar-refractivity contribution is -0.220. The van der Waals surface area contributed by atoms with Crippen molar-refractivity contribution in [1.82, 2.24) is 9.80 Å². The minimum atomic E-state index is -1.31. The number of rotatable bonds is 3. The maximum atomic E-state index is 13.5. The van der Waals surface area contributed by atoms with Crippen molar-refractivity contribution in [1.29, 1.82) is 0 Å². The number of ether oxygens (including phenoxy) is 1. The van der Waals surface area contributed by atoms with Crippen molar-refractivity contribution < 1.29 is 29.6 Å². The molecular formula is C28H28N2O6. The predicted molar refractivity (Wildman–Crippen MR) is 127 cm³/mol. The molecule has 3 heterocycles. The van der Waals surface area contributed by atoms with Gasteiger partial charge in [0.2, 0.25) is 0 Å². The molecule has 0 aromatic heterocycles. The minimum absolute atomic E-state index is 0.0490. The van der Waals surface area contributed by atoms with Gasteiger partial charge in [-0.3, -0.25) is 19.4 Å². The molecule has 3 aliphatic heterocycles. The average Bonchev–Trinajstić information content (AvgIpc) is 3.56. The summed E-state index contributed by atoms with van der Waals surface area (Å²) in [5, 5.41) is 35.0.